The number of nitrogens with zero attached hydrogens (tertiary/aromatic N) is 3. The van der Waals surface area contributed by atoms with Gasteiger partial charge in [-0.05, 0) is 31.2 Å². The Labute approximate surface area is 119 Å². The van der Waals surface area contributed by atoms with Gasteiger partial charge in [-0.2, -0.15) is 24.9 Å². The molecule has 1 aliphatic heterocycles. The van der Waals surface area contributed by atoms with Gasteiger partial charge in [0.1, 0.15) is 0 Å². The Bertz CT molecular complexity index is 435. The molecule has 20 heavy (non-hydrogen) atoms. The first-order valence-electron chi connectivity index (χ1n) is 6.31. The molecule has 1 aliphatic rings. The van der Waals surface area contributed by atoms with Crippen LogP contribution < -0.4 is 10.6 Å². The zero-order chi connectivity index (χ0) is 14.8. The minimum atomic E-state index is -4.44. The van der Waals surface area contributed by atoms with Gasteiger partial charge >= 0.3 is 6.18 Å². The topological polar surface area (TPSA) is 55.0 Å². The van der Waals surface area contributed by atoms with Crippen molar-refractivity contribution in [2.24, 2.45) is 5.73 Å². The summed E-state index contributed by atoms with van der Waals surface area (Å²) in [5.41, 5.74) is 4.85. The average molecular weight is 306 g/mol. The lowest BCUT2D eigenvalue weighted by Crippen LogP contribution is -2.46. The Morgan fingerprint density at radius 2 is 1.95 bits per heavy atom. The molecule has 1 fully saturated rings. The third-order valence-corrected chi connectivity index (χ3v) is 5.19. The first-order valence-corrected chi connectivity index (χ1v) is 7.54. The molecule has 1 saturated heterocycles. The molecule has 8 heteroatoms. The van der Waals surface area contributed by atoms with Gasteiger partial charge in [-0.1, -0.05) is 0 Å². The van der Waals surface area contributed by atoms with Gasteiger partial charge in [-0.25, -0.2) is 0 Å². The summed E-state index contributed by atoms with van der Waals surface area (Å²) in [6, 6.07) is 2.35. The zero-order valence-corrected chi connectivity index (χ0v) is 12.0. The number of thioether (sulfide) groups is 1. The minimum Gasteiger partial charge on any atom is -0.355 e. The second kappa shape index (κ2) is 5.77. The summed E-state index contributed by atoms with van der Waals surface area (Å²) in [6.45, 7) is 2.08. The maximum Gasteiger partial charge on any atom is 0.435 e. The largest absolute Gasteiger partial charge is 0.435 e. The van der Waals surface area contributed by atoms with E-state index in [1.807, 2.05) is 11.2 Å². The van der Waals surface area contributed by atoms with E-state index in [1.165, 1.54) is 6.07 Å². The van der Waals surface area contributed by atoms with Crippen molar-refractivity contribution in [3.8, 4) is 0 Å². The molecule has 0 atom stereocenters. The number of piperidine rings is 1. The SMILES string of the molecule is CSC1(CN)CCN(c2ccc(C(F)(F)F)nn2)CC1. The molecule has 4 nitrogen and oxygen atoms in total. The molecule has 0 aliphatic carbocycles. The Hall–Kier alpha value is -1.02. The minimum absolute atomic E-state index is 0.0792. The van der Waals surface area contributed by atoms with Gasteiger partial charge in [0.05, 0.1) is 0 Å². The van der Waals surface area contributed by atoms with Crippen molar-refractivity contribution in [3.63, 3.8) is 0 Å². The molecule has 2 rings (SSSR count). The van der Waals surface area contributed by atoms with E-state index < -0.39 is 11.9 Å². The van der Waals surface area contributed by atoms with E-state index >= 15 is 0 Å². The lowest BCUT2D eigenvalue weighted by molar-refractivity contribution is -0.141. The van der Waals surface area contributed by atoms with E-state index in [4.69, 9.17) is 5.73 Å². The summed E-state index contributed by atoms with van der Waals surface area (Å²) >= 11 is 1.76. The number of anilines is 1. The van der Waals surface area contributed by atoms with Crippen molar-refractivity contribution >= 4 is 17.6 Å². The molecule has 0 unspecified atom stereocenters. The predicted molar refractivity (Wildman–Crippen MR) is 73.8 cm³/mol. The molecule has 0 saturated carbocycles. The van der Waals surface area contributed by atoms with Crippen LogP contribution in [0.25, 0.3) is 0 Å². The molecule has 2 N–H and O–H groups in total. The van der Waals surface area contributed by atoms with Crippen LogP contribution in [0, 0.1) is 0 Å². The van der Waals surface area contributed by atoms with E-state index in [9.17, 15) is 13.2 Å². The van der Waals surface area contributed by atoms with Crippen LogP contribution in [0.3, 0.4) is 0 Å². The first-order chi connectivity index (χ1) is 9.40. The summed E-state index contributed by atoms with van der Waals surface area (Å²) in [6.07, 6.45) is -0.609. The van der Waals surface area contributed by atoms with Crippen LogP contribution in [0.2, 0.25) is 0 Å². The van der Waals surface area contributed by atoms with Gasteiger partial charge < -0.3 is 10.6 Å². The van der Waals surface area contributed by atoms with Crippen LogP contribution in [-0.2, 0) is 6.18 Å². The van der Waals surface area contributed by atoms with Crippen molar-refractivity contribution < 1.29 is 13.2 Å². The highest BCUT2D eigenvalue weighted by Gasteiger charge is 2.35. The normalized spacial score (nSPS) is 19.1. The monoisotopic (exact) mass is 306 g/mol. The Morgan fingerprint density at radius 3 is 2.35 bits per heavy atom. The molecule has 1 aromatic rings. The molecule has 0 amide bonds. The van der Waals surface area contributed by atoms with Gasteiger partial charge in [-0.3, -0.25) is 0 Å². The van der Waals surface area contributed by atoms with Crippen LogP contribution in [0.4, 0.5) is 19.0 Å². The van der Waals surface area contributed by atoms with E-state index in [1.54, 1.807) is 11.8 Å². The second-order valence-corrected chi connectivity index (χ2v) is 6.13. The third-order valence-electron chi connectivity index (χ3n) is 3.74. The number of aromatic nitrogens is 2. The fraction of sp³-hybridized carbons (Fsp3) is 0.667. The van der Waals surface area contributed by atoms with Gasteiger partial charge in [0.15, 0.2) is 11.5 Å². The van der Waals surface area contributed by atoms with Crippen molar-refractivity contribution in [1.82, 2.24) is 10.2 Å². The van der Waals surface area contributed by atoms with Crippen LogP contribution in [0.5, 0.6) is 0 Å². The van der Waals surface area contributed by atoms with E-state index in [-0.39, 0.29) is 4.75 Å². The number of nitrogens with two attached hydrogens (primary N) is 1. The highest BCUT2D eigenvalue weighted by atomic mass is 32.2. The number of halogens is 3. The summed E-state index contributed by atoms with van der Waals surface area (Å²) in [5.74, 6) is 0.490. The molecule has 0 spiro atoms. The molecule has 0 radical (unpaired) electrons. The van der Waals surface area contributed by atoms with Crippen LogP contribution in [0.15, 0.2) is 12.1 Å². The summed E-state index contributed by atoms with van der Waals surface area (Å²) in [5, 5.41) is 6.94. The highest BCUT2D eigenvalue weighted by Crippen LogP contribution is 2.35. The number of rotatable bonds is 3. The predicted octanol–water partition coefficient (Wildman–Crippen LogP) is 2.16. The fourth-order valence-corrected chi connectivity index (χ4v) is 3.04. The first kappa shape index (κ1) is 15.4. The average Bonchev–Trinajstić information content (AvgIpc) is 2.47. The molecule has 0 bridgehead atoms. The maximum absolute atomic E-state index is 12.4. The lowest BCUT2D eigenvalue weighted by Gasteiger charge is -2.40. The smallest absolute Gasteiger partial charge is 0.355 e. The van der Waals surface area contributed by atoms with Gasteiger partial charge in [-0.15, -0.1) is 10.2 Å². The zero-order valence-electron chi connectivity index (χ0n) is 11.2. The van der Waals surface area contributed by atoms with Crippen molar-refractivity contribution in [1.29, 1.82) is 0 Å². The van der Waals surface area contributed by atoms with Gasteiger partial charge in [0.2, 0.25) is 0 Å². The third kappa shape index (κ3) is 3.17. The molecular weight excluding hydrogens is 289 g/mol. The summed E-state index contributed by atoms with van der Waals surface area (Å²) in [7, 11) is 0. The molecular formula is C12H17F3N4S. The van der Waals surface area contributed by atoms with Gasteiger partial charge in [0.25, 0.3) is 0 Å². The lowest BCUT2D eigenvalue weighted by atomic mass is 9.96. The molecule has 112 valence electrons. The molecule has 2 heterocycles. The molecule has 0 aromatic carbocycles. The van der Waals surface area contributed by atoms with Gasteiger partial charge in [0, 0.05) is 24.4 Å². The Kier molecular flexibility index (Phi) is 4.43. The Morgan fingerprint density at radius 1 is 1.30 bits per heavy atom. The number of hydrogen-bond acceptors (Lipinski definition) is 5. The van der Waals surface area contributed by atoms with E-state index in [2.05, 4.69) is 10.2 Å². The van der Waals surface area contributed by atoms with Crippen LogP contribution in [0.1, 0.15) is 18.5 Å². The second-order valence-electron chi connectivity index (χ2n) is 4.85. The number of alkyl halides is 3. The van der Waals surface area contributed by atoms with Crippen LogP contribution in [-0.4, -0.2) is 40.8 Å². The number of hydrogen-bond donors (Lipinski definition) is 1. The molecule has 1 aromatic heterocycles. The van der Waals surface area contributed by atoms with Crippen LogP contribution >= 0.6 is 11.8 Å². The Balaban J connectivity index is 2.04. The standard InChI is InChI=1S/C12H17F3N4S/c1-20-11(8-16)4-6-19(7-5-11)10-3-2-9(17-18-10)12(13,14)15/h2-3H,4-8,16H2,1H3. The van der Waals surface area contributed by atoms with Crippen molar-refractivity contribution in [2.45, 2.75) is 23.8 Å². The maximum atomic E-state index is 12.4. The fourth-order valence-electron chi connectivity index (χ4n) is 2.28. The summed E-state index contributed by atoms with van der Waals surface area (Å²) in [4.78, 5) is 1.96. The van der Waals surface area contributed by atoms with E-state index in [0.717, 1.165) is 32.0 Å². The summed E-state index contributed by atoms with van der Waals surface area (Å²) < 4.78 is 37.3. The van der Waals surface area contributed by atoms with Crippen molar-refractivity contribution in [3.05, 3.63) is 17.8 Å². The quantitative estimate of drug-likeness (QED) is 0.927. The highest BCUT2D eigenvalue weighted by molar-refractivity contribution is 8.00. The van der Waals surface area contributed by atoms with E-state index in [0.29, 0.717) is 12.4 Å². The van der Waals surface area contributed by atoms with Crippen molar-refractivity contribution in [2.75, 3.05) is 30.8 Å².